The van der Waals surface area contributed by atoms with Gasteiger partial charge >= 0.3 is 0 Å². The molecule has 0 unspecified atom stereocenters. The molecule has 2 heteroatoms. The Balaban J connectivity index is 2.17. The van der Waals surface area contributed by atoms with Crippen molar-refractivity contribution in [2.24, 2.45) is 0 Å². The van der Waals surface area contributed by atoms with E-state index in [4.69, 9.17) is 0 Å². The molecule has 0 aromatic carbocycles. The molecule has 0 heterocycles. The zero-order valence-corrected chi connectivity index (χ0v) is 12.3. The van der Waals surface area contributed by atoms with E-state index in [0.717, 1.165) is 6.32 Å². The fourth-order valence-corrected chi connectivity index (χ4v) is 4.92. The molecule has 0 amide bonds. The summed E-state index contributed by atoms with van der Waals surface area (Å²) < 4.78 is 0. The van der Waals surface area contributed by atoms with Gasteiger partial charge in [0.15, 0.2) is 6.71 Å². The van der Waals surface area contributed by atoms with Crippen LogP contribution in [0.15, 0.2) is 0 Å². The molecular formula is C16H29BO. The van der Waals surface area contributed by atoms with Crippen LogP contribution in [0.2, 0.25) is 16.9 Å². The van der Waals surface area contributed by atoms with Crippen LogP contribution >= 0.6 is 0 Å². The molecule has 0 N–H and O–H groups in total. The standard InChI is InChI=1S/C16H29BO/c1-15(9-5-3-6-10-15)17(13-14-18)16(2)11-7-4-8-12-16/h14H,3-13H2,1-2H3. The molecular weight excluding hydrogens is 219 g/mol. The van der Waals surface area contributed by atoms with Gasteiger partial charge in [0.2, 0.25) is 0 Å². The topological polar surface area (TPSA) is 17.1 Å². The van der Waals surface area contributed by atoms with E-state index in [1.165, 1.54) is 70.5 Å². The largest absolute Gasteiger partial charge is 0.304 e. The average Bonchev–Trinajstić information content (AvgIpc) is 2.37. The Hall–Kier alpha value is -0.265. The van der Waals surface area contributed by atoms with E-state index in [1.54, 1.807) is 0 Å². The van der Waals surface area contributed by atoms with Crippen LogP contribution in [0.5, 0.6) is 0 Å². The van der Waals surface area contributed by atoms with E-state index >= 15 is 0 Å². The maximum absolute atomic E-state index is 11.2. The lowest BCUT2D eigenvalue weighted by Crippen LogP contribution is -2.43. The van der Waals surface area contributed by atoms with E-state index in [0.29, 0.717) is 17.3 Å². The summed E-state index contributed by atoms with van der Waals surface area (Å²) in [5.74, 6) is 0. The van der Waals surface area contributed by atoms with Crippen LogP contribution in [0.25, 0.3) is 0 Å². The van der Waals surface area contributed by atoms with Crippen molar-refractivity contribution in [3.8, 4) is 0 Å². The summed E-state index contributed by atoms with van der Waals surface area (Å²) in [6.07, 6.45) is 15.7. The average molecular weight is 248 g/mol. The van der Waals surface area contributed by atoms with Crippen LogP contribution in [0.1, 0.15) is 78.1 Å². The molecule has 0 atom stereocenters. The van der Waals surface area contributed by atoms with Crippen molar-refractivity contribution in [3.63, 3.8) is 0 Å². The maximum Gasteiger partial charge on any atom is 0.160 e. The molecule has 2 rings (SSSR count). The minimum Gasteiger partial charge on any atom is -0.304 e. The van der Waals surface area contributed by atoms with Gasteiger partial charge in [0.25, 0.3) is 0 Å². The molecule has 2 saturated carbocycles. The molecule has 2 aliphatic carbocycles. The van der Waals surface area contributed by atoms with Crippen molar-refractivity contribution >= 4 is 13.0 Å². The van der Waals surface area contributed by atoms with Crippen molar-refractivity contribution in [1.29, 1.82) is 0 Å². The first-order valence-corrected chi connectivity index (χ1v) is 8.04. The van der Waals surface area contributed by atoms with E-state index in [2.05, 4.69) is 13.8 Å². The quantitative estimate of drug-likeness (QED) is 0.498. The van der Waals surface area contributed by atoms with Gasteiger partial charge in [-0.05, 0) is 6.32 Å². The fourth-order valence-electron chi connectivity index (χ4n) is 4.92. The molecule has 0 radical (unpaired) electrons. The Kier molecular flexibility index (Phi) is 4.56. The lowest BCUT2D eigenvalue weighted by atomic mass is 9.18. The first-order chi connectivity index (χ1) is 8.61. The first kappa shape index (κ1) is 14.2. The Bertz CT molecular complexity index is 251. The number of hydrogen-bond donors (Lipinski definition) is 0. The van der Waals surface area contributed by atoms with Gasteiger partial charge in [0.1, 0.15) is 6.29 Å². The van der Waals surface area contributed by atoms with Gasteiger partial charge in [-0.15, -0.1) is 0 Å². The summed E-state index contributed by atoms with van der Waals surface area (Å²) in [5, 5.41) is 0.872. The lowest BCUT2D eigenvalue weighted by Gasteiger charge is -2.49. The maximum atomic E-state index is 11.2. The highest BCUT2D eigenvalue weighted by Crippen LogP contribution is 2.57. The smallest absolute Gasteiger partial charge is 0.160 e. The summed E-state index contributed by atoms with van der Waals surface area (Å²) in [7, 11) is 0. The highest BCUT2D eigenvalue weighted by atomic mass is 16.1. The van der Waals surface area contributed by atoms with E-state index in [1.807, 2.05) is 0 Å². The van der Waals surface area contributed by atoms with Crippen molar-refractivity contribution in [3.05, 3.63) is 0 Å². The number of aldehydes is 1. The Morgan fingerprint density at radius 2 is 1.22 bits per heavy atom. The summed E-state index contributed by atoms with van der Waals surface area (Å²) in [5.41, 5.74) is 0. The molecule has 0 spiro atoms. The minimum absolute atomic E-state index is 0.436. The molecule has 0 aromatic heterocycles. The Morgan fingerprint density at radius 3 is 1.56 bits per heavy atom. The molecule has 0 aliphatic heterocycles. The fraction of sp³-hybridized carbons (Fsp3) is 0.938. The molecule has 0 saturated heterocycles. The Labute approximate surface area is 113 Å². The third-order valence-corrected chi connectivity index (χ3v) is 6.01. The third-order valence-electron chi connectivity index (χ3n) is 6.01. The van der Waals surface area contributed by atoms with Crippen molar-refractivity contribution in [1.82, 2.24) is 0 Å². The van der Waals surface area contributed by atoms with Crippen LogP contribution in [0.4, 0.5) is 0 Å². The van der Waals surface area contributed by atoms with Crippen LogP contribution in [-0.4, -0.2) is 13.0 Å². The third kappa shape index (κ3) is 2.83. The minimum atomic E-state index is 0.436. The summed E-state index contributed by atoms with van der Waals surface area (Å²) in [4.78, 5) is 11.2. The number of carbonyl (C=O) groups is 1. The second-order valence-electron chi connectivity index (χ2n) is 7.38. The SMILES string of the molecule is CC1(B(CC=O)C2(C)CCCCC2)CCCCC1. The highest BCUT2D eigenvalue weighted by molar-refractivity contribution is 6.68. The molecule has 2 fully saturated rings. The van der Waals surface area contributed by atoms with Gasteiger partial charge in [-0.25, -0.2) is 0 Å². The van der Waals surface area contributed by atoms with E-state index < -0.39 is 0 Å². The zero-order valence-electron chi connectivity index (χ0n) is 12.3. The van der Waals surface area contributed by atoms with Gasteiger partial charge in [-0.3, -0.25) is 0 Å². The van der Waals surface area contributed by atoms with Crippen molar-refractivity contribution < 1.29 is 4.79 Å². The monoisotopic (exact) mass is 248 g/mol. The molecule has 102 valence electrons. The number of rotatable bonds is 4. The summed E-state index contributed by atoms with van der Waals surface area (Å²) in [6.45, 7) is 5.57. The first-order valence-electron chi connectivity index (χ1n) is 8.04. The van der Waals surface area contributed by atoms with E-state index in [9.17, 15) is 4.79 Å². The van der Waals surface area contributed by atoms with Gasteiger partial charge in [0, 0.05) is 0 Å². The van der Waals surface area contributed by atoms with Gasteiger partial charge in [0.05, 0.1) is 0 Å². The van der Waals surface area contributed by atoms with Crippen LogP contribution in [0, 0.1) is 0 Å². The lowest BCUT2D eigenvalue weighted by molar-refractivity contribution is -0.106. The van der Waals surface area contributed by atoms with Gasteiger partial charge in [-0.1, -0.05) is 88.7 Å². The molecule has 2 aliphatic rings. The predicted octanol–water partition coefficient (Wildman–Crippen LogP) is 5.13. The normalized spacial score (nSPS) is 26.6. The highest BCUT2D eigenvalue weighted by Gasteiger charge is 2.48. The predicted molar refractivity (Wildman–Crippen MR) is 79.5 cm³/mol. The van der Waals surface area contributed by atoms with Gasteiger partial charge < -0.3 is 4.79 Å². The second kappa shape index (κ2) is 5.80. The zero-order chi connectivity index (χ0) is 13.1. The molecule has 1 nitrogen and oxygen atoms in total. The molecule has 0 aromatic rings. The van der Waals surface area contributed by atoms with Crippen LogP contribution in [-0.2, 0) is 4.79 Å². The van der Waals surface area contributed by atoms with Crippen molar-refractivity contribution in [2.75, 3.05) is 0 Å². The van der Waals surface area contributed by atoms with Crippen LogP contribution < -0.4 is 0 Å². The number of carbonyl (C=O) groups excluding carboxylic acids is 1. The Morgan fingerprint density at radius 1 is 0.833 bits per heavy atom. The molecule has 0 bridgehead atoms. The number of hydrogen-bond acceptors (Lipinski definition) is 1. The molecule has 18 heavy (non-hydrogen) atoms. The summed E-state index contributed by atoms with van der Waals surface area (Å²) >= 11 is 0. The van der Waals surface area contributed by atoms with Crippen LogP contribution in [0.3, 0.4) is 0 Å². The van der Waals surface area contributed by atoms with Crippen molar-refractivity contribution in [2.45, 2.75) is 95.0 Å². The summed E-state index contributed by atoms with van der Waals surface area (Å²) in [6, 6.07) is 0. The van der Waals surface area contributed by atoms with Gasteiger partial charge in [-0.2, -0.15) is 0 Å². The van der Waals surface area contributed by atoms with E-state index in [-0.39, 0.29) is 0 Å². The second-order valence-corrected chi connectivity index (χ2v) is 7.38.